The summed E-state index contributed by atoms with van der Waals surface area (Å²) >= 11 is -1.29. The van der Waals surface area contributed by atoms with E-state index in [2.05, 4.69) is 11.0 Å². The molecule has 2 nitrogen and oxygen atoms in total. The van der Waals surface area contributed by atoms with Crippen LogP contribution in [0.1, 0.15) is 10.4 Å². The zero-order valence-corrected chi connectivity index (χ0v) is 9.20. The van der Waals surface area contributed by atoms with E-state index in [1.54, 1.807) is 0 Å². The zero-order chi connectivity index (χ0) is 8.72. The van der Waals surface area contributed by atoms with Gasteiger partial charge in [0, 0.05) is 0 Å². The summed E-state index contributed by atoms with van der Waals surface area (Å²) in [5, 5.41) is 0. The molecule has 0 fully saturated rings. The summed E-state index contributed by atoms with van der Waals surface area (Å²) in [7, 11) is 1.91. The molecule has 0 spiro atoms. The molecule has 0 aliphatic carbocycles. The van der Waals surface area contributed by atoms with Crippen LogP contribution in [0.5, 0.6) is 0 Å². The first-order valence-electron chi connectivity index (χ1n) is 3.69. The maximum atomic E-state index is 11.6. The van der Waals surface area contributed by atoms with E-state index < -0.39 is 20.1 Å². The van der Waals surface area contributed by atoms with Gasteiger partial charge >= 0.3 is 79.3 Å². The van der Waals surface area contributed by atoms with Crippen LogP contribution in [-0.2, 0) is 0 Å². The van der Waals surface area contributed by atoms with Gasteiger partial charge in [0.15, 0.2) is 0 Å². The third kappa shape index (κ3) is 0.957. The molecule has 1 aliphatic heterocycles. The van der Waals surface area contributed by atoms with Crippen LogP contribution >= 0.6 is 20.1 Å². The number of fused-ring (bicyclic) bond motifs is 1. The van der Waals surface area contributed by atoms with Crippen LogP contribution in [0.15, 0.2) is 24.3 Å². The number of benzene rings is 1. The van der Waals surface area contributed by atoms with E-state index in [0.29, 0.717) is 0 Å². The van der Waals surface area contributed by atoms with Crippen molar-refractivity contribution < 1.29 is 4.79 Å². The van der Waals surface area contributed by atoms with Gasteiger partial charge in [0.1, 0.15) is 0 Å². The van der Waals surface area contributed by atoms with E-state index in [0.717, 1.165) is 5.56 Å². The number of carbonyl (C=O) groups excluding carboxylic acids is 1. The van der Waals surface area contributed by atoms with Gasteiger partial charge in [-0.3, -0.25) is 0 Å². The first-order valence-corrected chi connectivity index (χ1v) is 7.89. The van der Waals surface area contributed by atoms with Crippen LogP contribution in [0, 0.1) is 3.57 Å². The Hall–Kier alpha value is -0.580. The molecule has 1 heterocycles. The van der Waals surface area contributed by atoms with E-state index in [1.807, 2.05) is 28.4 Å². The zero-order valence-electron chi connectivity index (χ0n) is 7.04. The molecule has 1 aliphatic rings. The van der Waals surface area contributed by atoms with Crippen molar-refractivity contribution in [1.29, 1.82) is 0 Å². The number of alkyl halides is 1. The predicted octanol–water partition coefficient (Wildman–Crippen LogP) is 1.99. The van der Waals surface area contributed by atoms with Crippen LogP contribution in [0.2, 0.25) is 0 Å². The van der Waals surface area contributed by atoms with Crippen LogP contribution in [0.4, 0.5) is 0 Å². The van der Waals surface area contributed by atoms with Crippen LogP contribution in [0.3, 0.4) is 0 Å². The summed E-state index contributed by atoms with van der Waals surface area (Å²) < 4.78 is 3.23. The first-order chi connectivity index (χ1) is 5.72. The maximum absolute atomic E-state index is 11.6. The van der Waals surface area contributed by atoms with Gasteiger partial charge < -0.3 is 0 Å². The molecule has 0 radical (unpaired) electrons. The fourth-order valence-corrected chi connectivity index (χ4v) is 4.97. The van der Waals surface area contributed by atoms with Crippen LogP contribution in [-0.4, -0.2) is 21.0 Å². The summed E-state index contributed by atoms with van der Waals surface area (Å²) in [6.45, 7) is 0. The number of hydrogen-bond acceptors (Lipinski definition) is 1. The van der Waals surface area contributed by atoms with Crippen LogP contribution < -0.4 is 0 Å². The number of rotatable bonds is 0. The summed E-state index contributed by atoms with van der Waals surface area (Å²) in [5.41, 5.74) is 0.924. The molecule has 0 saturated heterocycles. The summed E-state index contributed by atoms with van der Waals surface area (Å²) in [6, 6.07) is 7.95. The molecule has 0 bridgehead atoms. The van der Waals surface area contributed by atoms with E-state index in [1.165, 1.54) is 3.57 Å². The number of halogens is 1. The number of hydrogen-bond donors (Lipinski definition) is 0. The van der Waals surface area contributed by atoms with Gasteiger partial charge in [-0.2, -0.15) is 0 Å². The van der Waals surface area contributed by atoms with Gasteiger partial charge in [-0.25, -0.2) is 0 Å². The van der Waals surface area contributed by atoms with Crippen molar-refractivity contribution in [1.82, 2.24) is 3.11 Å². The van der Waals surface area contributed by atoms with Crippen molar-refractivity contribution in [3.63, 3.8) is 0 Å². The minimum absolute atomic E-state index is 0.207. The number of nitrogens with zero attached hydrogens (tertiary/aromatic N) is 1. The van der Waals surface area contributed by atoms with E-state index in [-0.39, 0.29) is 5.91 Å². The van der Waals surface area contributed by atoms with Gasteiger partial charge in [-0.05, 0) is 0 Å². The van der Waals surface area contributed by atoms with Crippen molar-refractivity contribution >= 4 is 26.0 Å². The Morgan fingerprint density at radius 1 is 1.33 bits per heavy atom. The Morgan fingerprint density at radius 2 is 2.00 bits per heavy atom. The molecule has 0 saturated carbocycles. The Bertz CT molecular complexity index is 337. The second kappa shape index (κ2) is 2.73. The molecule has 1 amide bonds. The molecular weight excluding hydrogens is 265 g/mol. The first kappa shape index (κ1) is 8.04. The topological polar surface area (TPSA) is 20.3 Å². The molecule has 0 aromatic heterocycles. The molecule has 64 valence electrons. The third-order valence-electron chi connectivity index (χ3n) is 2.06. The molecule has 2 rings (SSSR count). The van der Waals surface area contributed by atoms with Gasteiger partial charge in [-0.1, -0.05) is 0 Å². The molecule has 12 heavy (non-hydrogen) atoms. The Balaban J connectivity index is 2.59. The Kier molecular flexibility index (Phi) is 1.83. The second-order valence-corrected chi connectivity index (χ2v) is 7.84. The third-order valence-corrected chi connectivity index (χ3v) is 7.29. The molecular formula is C9H10INO. The standard InChI is InChI=1S/C9H10INO/c1-10-8-6-4-3-5-7(8)9(12)11(10)2/h3-6H,1-2H3. The van der Waals surface area contributed by atoms with Crippen molar-refractivity contribution in [2.24, 2.45) is 0 Å². The van der Waals surface area contributed by atoms with Gasteiger partial charge in [0.2, 0.25) is 0 Å². The van der Waals surface area contributed by atoms with E-state index in [9.17, 15) is 4.79 Å². The molecule has 1 aromatic carbocycles. The fraction of sp³-hybridized carbons (Fsp3) is 0.222. The van der Waals surface area contributed by atoms with Crippen molar-refractivity contribution in [3.8, 4) is 0 Å². The molecule has 0 unspecified atom stereocenters. The second-order valence-electron chi connectivity index (χ2n) is 2.70. The fourth-order valence-electron chi connectivity index (χ4n) is 1.29. The Labute approximate surface area is 79.3 Å². The van der Waals surface area contributed by atoms with Gasteiger partial charge in [-0.15, -0.1) is 0 Å². The number of carbonyl (C=O) groups is 1. The molecule has 0 N–H and O–H groups in total. The SMILES string of the molecule is CN1C(=O)c2ccccc2I1C. The minimum atomic E-state index is -1.29. The van der Waals surface area contributed by atoms with Crippen molar-refractivity contribution in [2.45, 2.75) is 0 Å². The summed E-state index contributed by atoms with van der Waals surface area (Å²) in [5.74, 6) is 0.207. The Morgan fingerprint density at radius 3 is 2.67 bits per heavy atom. The summed E-state index contributed by atoms with van der Waals surface area (Å²) in [6.07, 6.45) is 0. The quantitative estimate of drug-likeness (QED) is 0.403. The summed E-state index contributed by atoms with van der Waals surface area (Å²) in [4.78, 5) is 13.8. The average molecular weight is 275 g/mol. The average Bonchev–Trinajstić information content (AvgIpc) is 2.33. The van der Waals surface area contributed by atoms with Gasteiger partial charge in [0.05, 0.1) is 0 Å². The molecule has 1 aromatic rings. The number of amides is 1. The van der Waals surface area contributed by atoms with E-state index in [4.69, 9.17) is 0 Å². The van der Waals surface area contributed by atoms with Crippen molar-refractivity contribution in [3.05, 3.63) is 33.4 Å². The molecule has 0 atom stereocenters. The molecule has 3 heteroatoms. The predicted molar refractivity (Wildman–Crippen MR) is 57.2 cm³/mol. The van der Waals surface area contributed by atoms with Crippen LogP contribution in [0.25, 0.3) is 0 Å². The van der Waals surface area contributed by atoms with Crippen molar-refractivity contribution in [2.75, 3.05) is 12.0 Å². The van der Waals surface area contributed by atoms with E-state index >= 15 is 0 Å². The monoisotopic (exact) mass is 275 g/mol. The normalized spacial score (nSPS) is 18.3. The van der Waals surface area contributed by atoms with Gasteiger partial charge in [0.25, 0.3) is 0 Å².